The second kappa shape index (κ2) is 5.83. The van der Waals surface area contributed by atoms with Crippen LogP contribution in [0.25, 0.3) is 0 Å². The number of thioether (sulfide) groups is 1. The molecule has 4 fully saturated rings. The maximum absolute atomic E-state index is 6.48. The molecule has 20 heavy (non-hydrogen) atoms. The number of hydrogen-bond donors (Lipinski definition) is 0. The molecule has 4 aliphatic rings. The Balaban J connectivity index is 1.53. The highest BCUT2D eigenvalue weighted by Gasteiger charge is 2.52. The molecular formula is C18H30OS. The summed E-state index contributed by atoms with van der Waals surface area (Å²) in [6.07, 6.45) is 15.8. The van der Waals surface area contributed by atoms with Crippen molar-refractivity contribution in [3.8, 4) is 0 Å². The van der Waals surface area contributed by atoms with Gasteiger partial charge in [0.05, 0.1) is 12.2 Å². The van der Waals surface area contributed by atoms with E-state index in [-0.39, 0.29) is 0 Å². The van der Waals surface area contributed by atoms with Crippen molar-refractivity contribution in [1.82, 2.24) is 0 Å². The minimum Gasteiger partial charge on any atom is -0.374 e. The van der Waals surface area contributed by atoms with Crippen molar-refractivity contribution < 1.29 is 4.74 Å². The molecule has 0 aromatic heterocycles. The van der Waals surface area contributed by atoms with Crippen molar-refractivity contribution in [2.75, 3.05) is 0 Å². The van der Waals surface area contributed by atoms with E-state index in [4.69, 9.17) is 4.74 Å². The van der Waals surface area contributed by atoms with E-state index in [0.29, 0.717) is 12.2 Å². The summed E-state index contributed by atoms with van der Waals surface area (Å²) in [5, 5.41) is 1.79. The van der Waals surface area contributed by atoms with Crippen LogP contribution >= 0.6 is 11.8 Å². The highest BCUT2D eigenvalue weighted by Crippen LogP contribution is 2.55. The van der Waals surface area contributed by atoms with Crippen LogP contribution in [0.15, 0.2) is 0 Å². The van der Waals surface area contributed by atoms with Crippen LogP contribution < -0.4 is 0 Å². The predicted octanol–water partition coefficient (Wildman–Crippen LogP) is 5.03. The van der Waals surface area contributed by atoms with Crippen LogP contribution in [-0.2, 0) is 4.74 Å². The van der Waals surface area contributed by atoms with Gasteiger partial charge in [0, 0.05) is 10.5 Å². The van der Waals surface area contributed by atoms with Gasteiger partial charge in [0.1, 0.15) is 0 Å². The molecule has 0 amide bonds. The molecule has 0 spiro atoms. The van der Waals surface area contributed by atoms with E-state index in [1.807, 2.05) is 0 Å². The van der Waals surface area contributed by atoms with Crippen LogP contribution in [0.3, 0.4) is 0 Å². The van der Waals surface area contributed by atoms with Gasteiger partial charge in [-0.3, -0.25) is 0 Å². The van der Waals surface area contributed by atoms with Crippen molar-refractivity contribution in [2.24, 2.45) is 17.8 Å². The predicted molar refractivity (Wildman–Crippen MR) is 86.1 cm³/mol. The molecule has 2 aliphatic heterocycles. The van der Waals surface area contributed by atoms with Gasteiger partial charge in [0.2, 0.25) is 0 Å². The van der Waals surface area contributed by atoms with E-state index in [1.165, 1.54) is 64.2 Å². The zero-order chi connectivity index (χ0) is 13.5. The third-order valence-corrected chi connectivity index (χ3v) is 8.37. The summed E-state index contributed by atoms with van der Waals surface area (Å²) >= 11 is 2.36. The Morgan fingerprint density at radius 3 is 2.45 bits per heavy atom. The molecule has 1 nitrogen and oxygen atoms in total. The van der Waals surface area contributed by atoms with Crippen molar-refractivity contribution in [1.29, 1.82) is 0 Å². The molecule has 2 heteroatoms. The van der Waals surface area contributed by atoms with Gasteiger partial charge in [-0.2, -0.15) is 11.8 Å². The van der Waals surface area contributed by atoms with E-state index in [1.54, 1.807) is 0 Å². The smallest absolute Gasteiger partial charge is 0.0738 e. The first-order valence-corrected chi connectivity index (χ1v) is 10.1. The maximum atomic E-state index is 6.48. The largest absolute Gasteiger partial charge is 0.374 e. The molecule has 2 aliphatic carbocycles. The van der Waals surface area contributed by atoms with Crippen LogP contribution in [0.5, 0.6) is 0 Å². The third-order valence-electron chi connectivity index (χ3n) is 6.50. The summed E-state index contributed by atoms with van der Waals surface area (Å²) < 4.78 is 6.48. The maximum Gasteiger partial charge on any atom is 0.0738 e. The Kier molecular flexibility index (Phi) is 4.07. The summed E-state index contributed by atoms with van der Waals surface area (Å²) in [4.78, 5) is 0. The topological polar surface area (TPSA) is 9.23 Å². The Morgan fingerprint density at radius 1 is 0.850 bits per heavy atom. The van der Waals surface area contributed by atoms with Crippen molar-refractivity contribution >= 4 is 11.8 Å². The lowest BCUT2D eigenvalue weighted by Crippen LogP contribution is -2.46. The molecule has 0 N–H and O–H groups in total. The Morgan fingerprint density at radius 2 is 1.60 bits per heavy atom. The van der Waals surface area contributed by atoms with Crippen LogP contribution in [0, 0.1) is 17.8 Å². The van der Waals surface area contributed by atoms with Gasteiger partial charge in [-0.1, -0.05) is 44.9 Å². The number of hydrogen-bond acceptors (Lipinski definition) is 2. The minimum atomic E-state index is 0.518. The van der Waals surface area contributed by atoms with Gasteiger partial charge in [-0.05, 0) is 43.9 Å². The standard InChI is InChI=1S/C18H30OS/c1-12-11-15(13-7-3-2-4-8-13)18-17(19-12)14-9-5-6-10-16(14)20-18/h12-18H,2-11H2,1H3. The fourth-order valence-corrected chi connectivity index (χ4v) is 7.74. The Hall–Kier alpha value is 0.310. The molecule has 2 saturated heterocycles. The van der Waals surface area contributed by atoms with Gasteiger partial charge >= 0.3 is 0 Å². The van der Waals surface area contributed by atoms with Gasteiger partial charge in [0.15, 0.2) is 0 Å². The monoisotopic (exact) mass is 294 g/mol. The molecule has 0 aromatic rings. The van der Waals surface area contributed by atoms with Crippen LogP contribution in [0.2, 0.25) is 0 Å². The zero-order valence-corrected chi connectivity index (χ0v) is 13.7. The van der Waals surface area contributed by atoms with E-state index in [0.717, 1.165) is 28.3 Å². The average Bonchev–Trinajstić information content (AvgIpc) is 2.86. The number of fused-ring (bicyclic) bond motifs is 3. The van der Waals surface area contributed by atoms with Crippen LogP contribution in [0.1, 0.15) is 71.1 Å². The lowest BCUT2D eigenvalue weighted by molar-refractivity contribution is -0.0918. The van der Waals surface area contributed by atoms with E-state index in [2.05, 4.69) is 18.7 Å². The van der Waals surface area contributed by atoms with Gasteiger partial charge < -0.3 is 4.74 Å². The van der Waals surface area contributed by atoms with E-state index in [9.17, 15) is 0 Å². The first-order valence-electron chi connectivity index (χ1n) is 9.14. The normalized spacial score (nSPS) is 49.6. The number of ether oxygens (including phenoxy) is 1. The van der Waals surface area contributed by atoms with Crippen molar-refractivity contribution in [2.45, 2.75) is 93.8 Å². The fraction of sp³-hybridized carbons (Fsp3) is 1.00. The Labute approximate surface area is 128 Å². The lowest BCUT2D eigenvalue weighted by atomic mass is 9.71. The fourth-order valence-electron chi connectivity index (χ4n) is 5.58. The summed E-state index contributed by atoms with van der Waals surface area (Å²) in [5.74, 6) is 2.89. The zero-order valence-electron chi connectivity index (χ0n) is 12.9. The summed E-state index contributed by atoms with van der Waals surface area (Å²) in [6.45, 7) is 2.34. The summed E-state index contributed by atoms with van der Waals surface area (Å²) in [5.41, 5.74) is 0. The molecule has 2 heterocycles. The SMILES string of the molecule is CC1CC(C2CCCCC2)C2SC3CCCCC3C2O1. The van der Waals surface area contributed by atoms with E-state index >= 15 is 0 Å². The summed E-state index contributed by atoms with van der Waals surface area (Å²) in [6, 6.07) is 0. The average molecular weight is 295 g/mol. The molecule has 2 saturated carbocycles. The van der Waals surface area contributed by atoms with Gasteiger partial charge in [-0.25, -0.2) is 0 Å². The first-order chi connectivity index (χ1) is 9.83. The second-order valence-electron chi connectivity index (χ2n) is 7.80. The molecule has 0 bridgehead atoms. The summed E-state index contributed by atoms with van der Waals surface area (Å²) in [7, 11) is 0. The molecule has 0 radical (unpaired) electrons. The van der Waals surface area contributed by atoms with Crippen LogP contribution in [0.4, 0.5) is 0 Å². The third kappa shape index (κ3) is 2.45. The number of rotatable bonds is 1. The highest BCUT2D eigenvalue weighted by atomic mass is 32.2. The van der Waals surface area contributed by atoms with E-state index < -0.39 is 0 Å². The van der Waals surface area contributed by atoms with Gasteiger partial charge in [0.25, 0.3) is 0 Å². The van der Waals surface area contributed by atoms with Crippen molar-refractivity contribution in [3.63, 3.8) is 0 Å². The molecule has 0 aromatic carbocycles. The molecule has 6 unspecified atom stereocenters. The lowest BCUT2D eigenvalue weighted by Gasteiger charge is -2.43. The van der Waals surface area contributed by atoms with Crippen molar-refractivity contribution in [3.05, 3.63) is 0 Å². The molecule has 114 valence electrons. The molecule has 6 atom stereocenters. The molecule has 4 rings (SSSR count). The Bertz CT molecular complexity index is 338. The first kappa shape index (κ1) is 13.9. The minimum absolute atomic E-state index is 0.518. The quantitative estimate of drug-likeness (QED) is 0.670. The van der Waals surface area contributed by atoms with Crippen LogP contribution in [-0.4, -0.2) is 22.7 Å². The van der Waals surface area contributed by atoms with Gasteiger partial charge in [-0.15, -0.1) is 0 Å². The molecular weight excluding hydrogens is 264 g/mol. The highest BCUT2D eigenvalue weighted by molar-refractivity contribution is 8.00. The second-order valence-corrected chi connectivity index (χ2v) is 9.22.